The Morgan fingerprint density at radius 1 is 1.17 bits per heavy atom. The Kier molecular flexibility index (Phi) is 7.51. The molecule has 29 heavy (non-hydrogen) atoms. The molecule has 11 heteroatoms. The van der Waals surface area contributed by atoms with Crippen molar-refractivity contribution in [3.8, 4) is 5.75 Å². The van der Waals surface area contributed by atoms with Crippen molar-refractivity contribution in [2.45, 2.75) is 11.8 Å². The van der Waals surface area contributed by atoms with Crippen LogP contribution >= 0.6 is 0 Å². The lowest BCUT2D eigenvalue weighted by Crippen LogP contribution is -2.31. The molecular weight excluding hydrogens is 402 g/mol. The normalized spacial score (nSPS) is 11.0. The summed E-state index contributed by atoms with van der Waals surface area (Å²) in [7, 11) is -2.65. The second-order valence-electron chi connectivity index (χ2n) is 5.85. The maximum absolute atomic E-state index is 12.3. The molecule has 0 atom stereocenters. The van der Waals surface area contributed by atoms with Gasteiger partial charge in [-0.15, -0.1) is 0 Å². The Labute approximate surface area is 168 Å². The fraction of sp³-hybridized carbons (Fsp3) is 0.278. The Balaban J connectivity index is 1.86. The number of benzene rings is 2. The molecule has 156 valence electrons. The van der Waals surface area contributed by atoms with Crippen LogP contribution in [0.3, 0.4) is 0 Å². The van der Waals surface area contributed by atoms with Gasteiger partial charge in [-0.2, -0.15) is 4.72 Å². The van der Waals surface area contributed by atoms with Crippen LogP contribution in [0.25, 0.3) is 0 Å². The summed E-state index contributed by atoms with van der Waals surface area (Å²) in [6.45, 7) is 1.32. The van der Waals surface area contributed by atoms with E-state index in [9.17, 15) is 23.3 Å². The summed E-state index contributed by atoms with van der Waals surface area (Å²) in [6.07, 6.45) is 0. The number of anilines is 1. The van der Waals surface area contributed by atoms with Gasteiger partial charge < -0.3 is 14.8 Å². The highest BCUT2D eigenvalue weighted by Gasteiger charge is 2.21. The lowest BCUT2D eigenvalue weighted by molar-refractivity contribution is -0.384. The predicted molar refractivity (Wildman–Crippen MR) is 105 cm³/mol. The van der Waals surface area contributed by atoms with E-state index in [0.717, 1.165) is 11.6 Å². The van der Waals surface area contributed by atoms with E-state index in [0.29, 0.717) is 5.75 Å². The molecule has 0 spiro atoms. The predicted octanol–water partition coefficient (Wildman–Crippen LogP) is 1.85. The number of hydrogen-bond acceptors (Lipinski definition) is 8. The van der Waals surface area contributed by atoms with Gasteiger partial charge in [0, 0.05) is 13.1 Å². The fourth-order valence-electron chi connectivity index (χ4n) is 2.35. The lowest BCUT2D eigenvalue weighted by atomic mass is 10.2. The number of ether oxygens (including phenoxy) is 2. The third-order valence-corrected chi connectivity index (χ3v) is 5.25. The van der Waals surface area contributed by atoms with Gasteiger partial charge in [-0.25, -0.2) is 8.42 Å². The number of aryl methyl sites for hydroxylation is 1. The molecule has 0 radical (unpaired) electrons. The number of nitro benzene ring substituents is 1. The topological polar surface area (TPSA) is 137 Å². The molecule has 2 N–H and O–H groups in total. The molecule has 0 aliphatic rings. The van der Waals surface area contributed by atoms with E-state index in [1.54, 1.807) is 6.07 Å². The van der Waals surface area contributed by atoms with Crippen LogP contribution in [-0.2, 0) is 19.6 Å². The molecule has 0 bridgehead atoms. The quantitative estimate of drug-likeness (QED) is 0.256. The third-order valence-electron chi connectivity index (χ3n) is 3.85. The molecule has 0 heterocycles. The van der Waals surface area contributed by atoms with Gasteiger partial charge in [0.2, 0.25) is 10.0 Å². The highest BCUT2D eigenvalue weighted by atomic mass is 32.2. The average Bonchev–Trinajstić information content (AvgIpc) is 2.70. The van der Waals surface area contributed by atoms with Crippen molar-refractivity contribution in [1.29, 1.82) is 0 Å². The molecule has 2 aromatic rings. The summed E-state index contributed by atoms with van der Waals surface area (Å²) in [5.41, 5.74) is 0.707. The maximum Gasteiger partial charge on any atom is 0.321 e. The van der Waals surface area contributed by atoms with E-state index in [1.807, 2.05) is 25.1 Å². The first-order valence-electron chi connectivity index (χ1n) is 8.54. The second-order valence-corrected chi connectivity index (χ2v) is 7.61. The molecule has 10 nitrogen and oxygen atoms in total. The van der Waals surface area contributed by atoms with Crippen molar-refractivity contribution in [2.24, 2.45) is 0 Å². The number of esters is 1. The van der Waals surface area contributed by atoms with Crippen LogP contribution < -0.4 is 14.8 Å². The highest BCUT2D eigenvalue weighted by Crippen LogP contribution is 2.26. The molecule has 0 saturated heterocycles. The second kappa shape index (κ2) is 9.85. The van der Waals surface area contributed by atoms with Crippen LogP contribution in [0.2, 0.25) is 0 Å². The van der Waals surface area contributed by atoms with Gasteiger partial charge in [-0.05, 0) is 30.7 Å². The van der Waals surface area contributed by atoms with Gasteiger partial charge in [0.25, 0.3) is 5.69 Å². The summed E-state index contributed by atoms with van der Waals surface area (Å²) in [6, 6.07) is 10.7. The molecule has 0 amide bonds. The maximum atomic E-state index is 12.3. The number of hydrogen-bond donors (Lipinski definition) is 2. The third kappa shape index (κ3) is 6.16. The van der Waals surface area contributed by atoms with Gasteiger partial charge >= 0.3 is 5.97 Å². The number of carbonyl (C=O) groups excluding carboxylic acids is 1. The van der Waals surface area contributed by atoms with Crippen molar-refractivity contribution in [3.05, 3.63) is 58.1 Å². The molecule has 0 aliphatic heterocycles. The summed E-state index contributed by atoms with van der Waals surface area (Å²) < 4.78 is 37.0. The molecule has 0 aromatic heterocycles. The Hall–Kier alpha value is -3.18. The van der Waals surface area contributed by atoms with E-state index < -0.39 is 33.1 Å². The van der Waals surface area contributed by atoms with E-state index in [1.165, 1.54) is 19.2 Å². The lowest BCUT2D eigenvalue weighted by Gasteiger charge is -2.10. The Bertz CT molecular complexity index is 993. The number of rotatable bonds is 10. The molecule has 0 fully saturated rings. The first-order chi connectivity index (χ1) is 13.7. The summed E-state index contributed by atoms with van der Waals surface area (Å²) in [5.74, 6) is -0.140. The summed E-state index contributed by atoms with van der Waals surface area (Å²) in [4.78, 5) is 21.8. The van der Waals surface area contributed by atoms with E-state index in [4.69, 9.17) is 9.47 Å². The number of sulfonamides is 1. The standard InChI is InChI=1S/C18H21N3O7S/c1-13-5-3-4-6-17(13)27-9-10-28-18(22)12-20-29(25,26)14-7-8-15(19-2)16(11-14)21(23)24/h3-8,11,19-20H,9-10,12H2,1-2H3. The largest absolute Gasteiger partial charge is 0.490 e. The van der Waals surface area contributed by atoms with Gasteiger partial charge in [0.1, 0.15) is 31.2 Å². The van der Waals surface area contributed by atoms with Crippen LogP contribution in [0, 0.1) is 17.0 Å². The summed E-state index contributed by atoms with van der Waals surface area (Å²) in [5, 5.41) is 13.7. The van der Waals surface area contributed by atoms with Crippen LogP contribution in [0.5, 0.6) is 5.75 Å². The number of nitrogens with one attached hydrogen (secondary N) is 2. The SMILES string of the molecule is CNc1ccc(S(=O)(=O)NCC(=O)OCCOc2ccccc2C)cc1[N+](=O)[O-]. The van der Waals surface area contributed by atoms with E-state index in [2.05, 4.69) is 10.0 Å². The number of carbonyl (C=O) groups is 1. The van der Waals surface area contributed by atoms with Gasteiger partial charge in [-0.3, -0.25) is 14.9 Å². The minimum Gasteiger partial charge on any atom is -0.490 e. The van der Waals surface area contributed by atoms with Crippen LogP contribution in [0.4, 0.5) is 11.4 Å². The van der Waals surface area contributed by atoms with E-state index in [-0.39, 0.29) is 23.8 Å². The van der Waals surface area contributed by atoms with Crippen LogP contribution in [0.1, 0.15) is 5.56 Å². The first-order valence-corrected chi connectivity index (χ1v) is 10.0. The van der Waals surface area contributed by atoms with Crippen molar-refractivity contribution in [1.82, 2.24) is 4.72 Å². The minimum absolute atomic E-state index is 0.0583. The van der Waals surface area contributed by atoms with Crippen LogP contribution in [-0.4, -0.2) is 46.1 Å². The minimum atomic E-state index is -4.13. The van der Waals surface area contributed by atoms with Crippen LogP contribution in [0.15, 0.2) is 47.4 Å². The fourth-order valence-corrected chi connectivity index (χ4v) is 3.34. The molecule has 0 unspecified atom stereocenters. The monoisotopic (exact) mass is 423 g/mol. The molecule has 0 saturated carbocycles. The number of nitro groups is 1. The van der Waals surface area contributed by atoms with Crippen molar-refractivity contribution in [3.63, 3.8) is 0 Å². The zero-order chi connectivity index (χ0) is 21.4. The smallest absolute Gasteiger partial charge is 0.321 e. The Morgan fingerprint density at radius 2 is 1.90 bits per heavy atom. The van der Waals surface area contributed by atoms with Crippen molar-refractivity contribution >= 4 is 27.4 Å². The molecule has 2 aromatic carbocycles. The van der Waals surface area contributed by atoms with Gasteiger partial charge in [-0.1, -0.05) is 18.2 Å². The zero-order valence-electron chi connectivity index (χ0n) is 15.9. The van der Waals surface area contributed by atoms with Gasteiger partial charge in [0.15, 0.2) is 0 Å². The highest BCUT2D eigenvalue weighted by molar-refractivity contribution is 7.89. The molecular formula is C18H21N3O7S. The summed E-state index contributed by atoms with van der Waals surface area (Å²) >= 11 is 0. The molecule has 0 aliphatic carbocycles. The van der Waals surface area contributed by atoms with Crippen molar-refractivity contribution in [2.75, 3.05) is 32.1 Å². The van der Waals surface area contributed by atoms with E-state index >= 15 is 0 Å². The Morgan fingerprint density at radius 3 is 2.55 bits per heavy atom. The zero-order valence-corrected chi connectivity index (χ0v) is 16.7. The number of nitrogens with zero attached hydrogens (tertiary/aromatic N) is 1. The number of para-hydroxylation sites is 1. The average molecular weight is 423 g/mol. The van der Waals surface area contributed by atoms with Crippen molar-refractivity contribution < 1.29 is 27.6 Å². The van der Waals surface area contributed by atoms with Gasteiger partial charge in [0.05, 0.1) is 9.82 Å². The first kappa shape index (κ1) is 22.1. The molecule has 2 rings (SSSR count).